The maximum Gasteiger partial charge on any atom is 0.243 e. The van der Waals surface area contributed by atoms with Crippen molar-refractivity contribution in [1.82, 2.24) is 21.3 Å². The molecule has 0 aliphatic heterocycles. The first kappa shape index (κ1) is 36.5. The standard InChI is InChI=1S/C35H53N5O4S.ClH/c1-45-13-12-29(39-33(42)28(36)19-22-8-4-2-5-9-22)34(43)37-21-31(41)38-30(20-23-10-6-3-7-11-23)35(44)40-32-26-15-24-14-25(17-26)18-27(32)16-24;/h3,6-7,10-11,22,24-30,32H,2,4-5,8-9,12-21,36H2,1H3,(H,37,43)(H,38,41)(H,39,42)(H,40,44);1H/t24?,25?,26?,27?,28-,29+,30-,32?;/m0./s1. The number of amides is 4. The van der Waals surface area contributed by atoms with Gasteiger partial charge in [0.2, 0.25) is 23.6 Å². The van der Waals surface area contributed by atoms with E-state index >= 15 is 0 Å². The molecule has 5 aliphatic carbocycles. The molecular weight excluding hydrogens is 622 g/mol. The van der Waals surface area contributed by atoms with Gasteiger partial charge in [-0.15, -0.1) is 12.4 Å². The summed E-state index contributed by atoms with van der Waals surface area (Å²) in [6, 6.07) is 7.66. The molecule has 0 saturated heterocycles. The molecule has 1 aromatic rings. The van der Waals surface area contributed by atoms with Crippen LogP contribution in [0.2, 0.25) is 0 Å². The molecule has 3 atom stereocenters. The first-order chi connectivity index (χ1) is 21.8. The summed E-state index contributed by atoms with van der Waals surface area (Å²) in [5.74, 6) is 2.45. The van der Waals surface area contributed by atoms with Gasteiger partial charge < -0.3 is 27.0 Å². The summed E-state index contributed by atoms with van der Waals surface area (Å²) >= 11 is 1.58. The lowest BCUT2D eigenvalue weighted by molar-refractivity contribution is -0.132. The largest absolute Gasteiger partial charge is 0.351 e. The fourth-order valence-electron chi connectivity index (χ4n) is 8.69. The SMILES string of the molecule is CSCC[C@@H](NC(=O)[C@@H](N)CC1CCCCC1)C(=O)NCC(=O)N[C@@H](Cc1ccccc1)C(=O)NC1C2CC3CC(C2)CC1C3.Cl. The van der Waals surface area contributed by atoms with Crippen molar-refractivity contribution in [1.29, 1.82) is 0 Å². The highest BCUT2D eigenvalue weighted by Crippen LogP contribution is 2.53. The Kier molecular flexibility index (Phi) is 14.1. The molecule has 5 saturated carbocycles. The van der Waals surface area contributed by atoms with Crippen molar-refractivity contribution >= 4 is 47.8 Å². The number of thioether (sulfide) groups is 1. The van der Waals surface area contributed by atoms with E-state index < -0.39 is 29.9 Å². The molecule has 9 nitrogen and oxygen atoms in total. The third-order valence-electron chi connectivity index (χ3n) is 10.8. The fraction of sp³-hybridized carbons (Fsp3) is 0.714. The molecule has 0 spiro atoms. The Morgan fingerprint density at radius 2 is 1.50 bits per heavy atom. The Bertz CT molecular complexity index is 1140. The summed E-state index contributed by atoms with van der Waals surface area (Å²) in [5, 5.41) is 11.8. The fourth-order valence-corrected chi connectivity index (χ4v) is 9.16. The van der Waals surface area contributed by atoms with E-state index in [-0.39, 0.29) is 36.8 Å². The van der Waals surface area contributed by atoms with Crippen LogP contribution >= 0.6 is 24.2 Å². The molecule has 5 aliphatic rings. The van der Waals surface area contributed by atoms with Crippen LogP contribution in [-0.2, 0) is 25.6 Å². The second kappa shape index (κ2) is 17.7. The van der Waals surface area contributed by atoms with E-state index in [4.69, 9.17) is 5.73 Å². The van der Waals surface area contributed by atoms with E-state index in [9.17, 15) is 19.2 Å². The number of benzene rings is 1. The molecule has 4 bridgehead atoms. The van der Waals surface area contributed by atoms with Gasteiger partial charge in [0.05, 0.1) is 12.6 Å². The Labute approximate surface area is 284 Å². The number of carbonyl (C=O) groups excluding carboxylic acids is 4. The number of halogens is 1. The van der Waals surface area contributed by atoms with E-state index in [1.807, 2.05) is 36.6 Å². The zero-order valence-corrected chi connectivity index (χ0v) is 28.8. The van der Waals surface area contributed by atoms with Crippen LogP contribution < -0.4 is 27.0 Å². The van der Waals surface area contributed by atoms with Crippen LogP contribution in [-0.4, -0.2) is 66.3 Å². The zero-order valence-electron chi connectivity index (χ0n) is 27.2. The van der Waals surface area contributed by atoms with Gasteiger partial charge in [0.25, 0.3) is 0 Å². The Balaban J connectivity index is 0.00000480. The lowest BCUT2D eigenvalue weighted by atomic mass is 9.54. The summed E-state index contributed by atoms with van der Waals surface area (Å²) in [7, 11) is 0. The Morgan fingerprint density at radius 3 is 2.13 bits per heavy atom. The van der Waals surface area contributed by atoms with Gasteiger partial charge in [-0.25, -0.2) is 0 Å². The molecule has 256 valence electrons. The first-order valence-electron chi connectivity index (χ1n) is 17.2. The molecule has 0 radical (unpaired) electrons. The van der Waals surface area contributed by atoms with Gasteiger partial charge in [0.15, 0.2) is 0 Å². The summed E-state index contributed by atoms with van der Waals surface area (Å²) in [6.45, 7) is -0.283. The molecule has 1 aromatic carbocycles. The minimum absolute atomic E-state index is 0. The van der Waals surface area contributed by atoms with Crippen LogP contribution in [0.15, 0.2) is 30.3 Å². The number of nitrogens with two attached hydrogens (primary N) is 1. The van der Waals surface area contributed by atoms with E-state index in [0.29, 0.717) is 42.8 Å². The molecule has 4 amide bonds. The quantitative estimate of drug-likeness (QED) is 0.192. The van der Waals surface area contributed by atoms with Crippen molar-refractivity contribution in [3.05, 3.63) is 35.9 Å². The van der Waals surface area contributed by atoms with Crippen molar-refractivity contribution < 1.29 is 19.2 Å². The molecule has 0 aromatic heterocycles. The second-order valence-corrected chi connectivity index (χ2v) is 15.2. The highest BCUT2D eigenvalue weighted by molar-refractivity contribution is 7.98. The summed E-state index contributed by atoms with van der Waals surface area (Å²) < 4.78 is 0. The molecule has 0 heterocycles. The van der Waals surface area contributed by atoms with Gasteiger partial charge in [-0.2, -0.15) is 11.8 Å². The topological polar surface area (TPSA) is 142 Å². The van der Waals surface area contributed by atoms with E-state index in [1.54, 1.807) is 11.8 Å². The second-order valence-electron chi connectivity index (χ2n) is 14.2. The summed E-state index contributed by atoms with van der Waals surface area (Å²) in [6.07, 6.45) is 15.3. The summed E-state index contributed by atoms with van der Waals surface area (Å²) in [4.78, 5) is 53.0. The average Bonchev–Trinajstić information content (AvgIpc) is 3.03. The molecule has 46 heavy (non-hydrogen) atoms. The lowest BCUT2D eigenvalue weighted by Gasteiger charge is -2.54. The molecule has 0 unspecified atom stereocenters. The van der Waals surface area contributed by atoms with Gasteiger partial charge in [-0.3, -0.25) is 19.2 Å². The minimum atomic E-state index is -0.782. The zero-order chi connectivity index (χ0) is 31.8. The van der Waals surface area contributed by atoms with Crippen molar-refractivity contribution in [2.75, 3.05) is 18.6 Å². The molecule has 6 rings (SSSR count). The molecule has 6 N–H and O–H groups in total. The van der Waals surface area contributed by atoms with Gasteiger partial charge in [-0.1, -0.05) is 62.4 Å². The predicted octanol–water partition coefficient (Wildman–Crippen LogP) is 3.73. The first-order valence-corrected chi connectivity index (χ1v) is 18.6. The molecule has 11 heteroatoms. The highest BCUT2D eigenvalue weighted by atomic mass is 35.5. The maximum absolute atomic E-state index is 13.7. The van der Waals surface area contributed by atoms with Gasteiger partial charge >= 0.3 is 0 Å². The predicted molar refractivity (Wildman–Crippen MR) is 185 cm³/mol. The van der Waals surface area contributed by atoms with Crippen LogP contribution in [0.1, 0.15) is 82.6 Å². The van der Waals surface area contributed by atoms with Crippen molar-refractivity contribution in [2.24, 2.45) is 35.3 Å². The number of hydrogen-bond acceptors (Lipinski definition) is 6. The van der Waals surface area contributed by atoms with Gasteiger partial charge in [-0.05, 0) is 92.1 Å². The normalized spacial score (nSPS) is 27.0. The van der Waals surface area contributed by atoms with Gasteiger partial charge in [0, 0.05) is 12.5 Å². The van der Waals surface area contributed by atoms with Crippen LogP contribution in [0.5, 0.6) is 0 Å². The number of rotatable bonds is 15. The maximum atomic E-state index is 13.7. The average molecular weight is 676 g/mol. The third kappa shape index (κ3) is 10.1. The third-order valence-corrected chi connectivity index (χ3v) is 11.4. The number of hydrogen-bond donors (Lipinski definition) is 5. The minimum Gasteiger partial charge on any atom is -0.351 e. The Morgan fingerprint density at radius 1 is 0.848 bits per heavy atom. The molecule has 5 fully saturated rings. The van der Waals surface area contributed by atoms with Crippen LogP contribution in [0.4, 0.5) is 0 Å². The van der Waals surface area contributed by atoms with Crippen molar-refractivity contribution in [2.45, 2.75) is 108 Å². The van der Waals surface area contributed by atoms with E-state index in [0.717, 1.165) is 30.2 Å². The monoisotopic (exact) mass is 675 g/mol. The van der Waals surface area contributed by atoms with E-state index in [1.165, 1.54) is 51.4 Å². The van der Waals surface area contributed by atoms with Gasteiger partial charge in [0.1, 0.15) is 12.1 Å². The smallest absolute Gasteiger partial charge is 0.243 e. The van der Waals surface area contributed by atoms with Crippen LogP contribution in [0, 0.1) is 29.6 Å². The van der Waals surface area contributed by atoms with Crippen LogP contribution in [0.3, 0.4) is 0 Å². The van der Waals surface area contributed by atoms with Crippen LogP contribution in [0.25, 0.3) is 0 Å². The number of carbonyl (C=O) groups is 4. The highest BCUT2D eigenvalue weighted by Gasteiger charge is 2.49. The van der Waals surface area contributed by atoms with Crippen molar-refractivity contribution in [3.63, 3.8) is 0 Å². The number of nitrogens with one attached hydrogen (secondary N) is 4. The Hall–Kier alpha value is -2.30. The lowest BCUT2D eigenvalue weighted by Crippen LogP contribution is -2.60. The van der Waals surface area contributed by atoms with E-state index in [2.05, 4.69) is 21.3 Å². The summed E-state index contributed by atoms with van der Waals surface area (Å²) in [5.41, 5.74) is 7.20. The molecular formula is C35H54ClN5O4S. The van der Waals surface area contributed by atoms with Crippen molar-refractivity contribution in [3.8, 4) is 0 Å².